The Bertz CT molecular complexity index is 537. The average molecular weight is 311 g/mol. The monoisotopic (exact) mass is 311 g/mol. The molecule has 0 aromatic heterocycles. The largest absolute Gasteiger partial charge is 0.326 e. The third-order valence-electron chi connectivity index (χ3n) is 3.98. The summed E-state index contributed by atoms with van der Waals surface area (Å²) in [4.78, 5) is 2.33. The third kappa shape index (κ3) is 5.07. The minimum absolute atomic E-state index is 0.0184. The van der Waals surface area contributed by atoms with Gasteiger partial charge in [0.1, 0.15) is 0 Å². The van der Waals surface area contributed by atoms with Crippen LogP contribution in [0, 0.1) is 0 Å². The van der Waals surface area contributed by atoms with Crippen molar-refractivity contribution in [3.05, 3.63) is 35.4 Å². The van der Waals surface area contributed by atoms with Crippen molar-refractivity contribution in [2.24, 2.45) is 5.73 Å². The molecule has 0 spiro atoms. The summed E-state index contributed by atoms with van der Waals surface area (Å²) >= 11 is 0. The van der Waals surface area contributed by atoms with Gasteiger partial charge in [-0.05, 0) is 44.0 Å². The van der Waals surface area contributed by atoms with Crippen LogP contribution in [-0.4, -0.2) is 39.0 Å². The van der Waals surface area contributed by atoms with Crippen LogP contribution < -0.4 is 10.5 Å². The molecule has 0 radical (unpaired) electrons. The number of sulfonamides is 1. The zero-order chi connectivity index (χ0) is 15.3. The van der Waals surface area contributed by atoms with E-state index >= 15 is 0 Å². The van der Waals surface area contributed by atoms with E-state index in [0.717, 1.165) is 24.2 Å². The Morgan fingerprint density at radius 1 is 1.19 bits per heavy atom. The first-order valence-corrected chi connectivity index (χ1v) is 9.14. The summed E-state index contributed by atoms with van der Waals surface area (Å²) in [5.41, 5.74) is 7.32. The Morgan fingerprint density at radius 3 is 2.33 bits per heavy atom. The van der Waals surface area contributed by atoms with Crippen LogP contribution in [0.4, 0.5) is 0 Å². The highest BCUT2D eigenvalue weighted by atomic mass is 32.2. The zero-order valence-corrected chi connectivity index (χ0v) is 13.4. The Balaban J connectivity index is 1.85. The van der Waals surface area contributed by atoms with Crippen molar-refractivity contribution in [3.63, 3.8) is 0 Å². The Kier molecular flexibility index (Phi) is 5.75. The van der Waals surface area contributed by atoms with Gasteiger partial charge in [-0.3, -0.25) is 4.90 Å². The van der Waals surface area contributed by atoms with Gasteiger partial charge in [-0.2, -0.15) is 0 Å². The van der Waals surface area contributed by atoms with Gasteiger partial charge in [-0.25, -0.2) is 13.1 Å². The molecule has 1 unspecified atom stereocenters. The van der Waals surface area contributed by atoms with E-state index in [4.69, 9.17) is 5.73 Å². The van der Waals surface area contributed by atoms with E-state index in [1.165, 1.54) is 12.8 Å². The van der Waals surface area contributed by atoms with Crippen molar-refractivity contribution < 1.29 is 8.42 Å². The molecule has 0 saturated carbocycles. The van der Waals surface area contributed by atoms with Gasteiger partial charge in [0.2, 0.25) is 10.0 Å². The van der Waals surface area contributed by atoms with Crippen LogP contribution in [0.15, 0.2) is 24.3 Å². The first kappa shape index (κ1) is 16.4. The van der Waals surface area contributed by atoms with Crippen molar-refractivity contribution >= 4 is 10.0 Å². The number of rotatable bonds is 7. The molecule has 2 rings (SSSR count). The molecule has 3 N–H and O–H groups in total. The molecule has 0 amide bonds. The molecule has 118 valence electrons. The Labute approximate surface area is 127 Å². The minimum Gasteiger partial charge on any atom is -0.326 e. The Hall–Kier alpha value is -0.950. The van der Waals surface area contributed by atoms with Crippen LogP contribution in [0.2, 0.25) is 0 Å². The maximum Gasteiger partial charge on any atom is 0.215 e. The van der Waals surface area contributed by atoms with E-state index in [1.807, 2.05) is 24.3 Å². The van der Waals surface area contributed by atoms with Gasteiger partial charge >= 0.3 is 0 Å². The lowest BCUT2D eigenvalue weighted by molar-refractivity contribution is 0.260. The topological polar surface area (TPSA) is 75.4 Å². The second-order valence-electron chi connectivity index (χ2n) is 5.72. The van der Waals surface area contributed by atoms with E-state index in [0.29, 0.717) is 13.1 Å². The highest BCUT2D eigenvalue weighted by molar-refractivity contribution is 7.88. The van der Waals surface area contributed by atoms with Crippen LogP contribution in [0.1, 0.15) is 30.9 Å². The van der Waals surface area contributed by atoms with Gasteiger partial charge in [-0.15, -0.1) is 0 Å². The molecule has 1 heterocycles. The van der Waals surface area contributed by atoms with Crippen molar-refractivity contribution in [2.45, 2.75) is 38.1 Å². The van der Waals surface area contributed by atoms with Gasteiger partial charge in [0.05, 0.1) is 5.75 Å². The average Bonchev–Trinajstić information content (AvgIpc) is 2.99. The van der Waals surface area contributed by atoms with Crippen molar-refractivity contribution in [3.8, 4) is 0 Å². The molecule has 1 aliphatic rings. The smallest absolute Gasteiger partial charge is 0.215 e. The first-order valence-electron chi connectivity index (χ1n) is 7.49. The van der Waals surface area contributed by atoms with E-state index in [1.54, 1.807) is 0 Å². The fourth-order valence-corrected chi connectivity index (χ4v) is 3.83. The number of nitrogens with zero attached hydrogens (tertiary/aromatic N) is 1. The summed E-state index contributed by atoms with van der Waals surface area (Å²) < 4.78 is 27.0. The van der Waals surface area contributed by atoms with Gasteiger partial charge < -0.3 is 5.73 Å². The molecule has 1 aliphatic heterocycles. The summed E-state index contributed by atoms with van der Waals surface area (Å²) in [6, 6.07) is 7.65. The Morgan fingerprint density at radius 2 is 1.76 bits per heavy atom. The van der Waals surface area contributed by atoms with Crippen molar-refractivity contribution in [1.29, 1.82) is 0 Å². The highest BCUT2D eigenvalue weighted by Gasteiger charge is 2.20. The molecular weight excluding hydrogens is 286 g/mol. The standard InChI is InChI=1S/C15H25N3O2S/c1-13(18-8-2-3-9-18)11-17-21(19,20)12-15-6-4-14(10-16)5-7-15/h4-7,13,17H,2-3,8-12,16H2,1H3. The molecule has 1 aromatic carbocycles. The zero-order valence-electron chi connectivity index (χ0n) is 12.6. The van der Waals surface area contributed by atoms with E-state index < -0.39 is 10.0 Å². The molecule has 6 heteroatoms. The SMILES string of the molecule is CC(CNS(=O)(=O)Cc1ccc(CN)cc1)N1CCCC1. The molecular formula is C15H25N3O2S. The number of nitrogens with one attached hydrogen (secondary N) is 1. The number of benzene rings is 1. The molecule has 1 atom stereocenters. The van der Waals surface area contributed by atoms with E-state index in [9.17, 15) is 8.42 Å². The summed E-state index contributed by atoms with van der Waals surface area (Å²) in [6.07, 6.45) is 2.43. The maximum atomic E-state index is 12.1. The summed E-state index contributed by atoms with van der Waals surface area (Å²) in [6.45, 7) is 5.17. The van der Waals surface area contributed by atoms with E-state index in [2.05, 4.69) is 16.5 Å². The first-order chi connectivity index (χ1) is 10.00. The van der Waals surface area contributed by atoms with Gasteiger partial charge in [-0.1, -0.05) is 24.3 Å². The summed E-state index contributed by atoms with van der Waals surface area (Å²) in [5.74, 6) is 0.0184. The summed E-state index contributed by atoms with van der Waals surface area (Å²) in [7, 11) is -3.29. The molecule has 1 saturated heterocycles. The highest BCUT2D eigenvalue weighted by Crippen LogP contribution is 2.12. The predicted octanol–water partition coefficient (Wildman–Crippen LogP) is 1.05. The molecule has 0 aliphatic carbocycles. The third-order valence-corrected chi connectivity index (χ3v) is 5.30. The number of nitrogens with two attached hydrogens (primary N) is 1. The van der Waals surface area contributed by atoms with E-state index in [-0.39, 0.29) is 11.8 Å². The predicted molar refractivity (Wildman–Crippen MR) is 85.2 cm³/mol. The minimum atomic E-state index is -3.29. The fourth-order valence-electron chi connectivity index (χ4n) is 2.60. The fraction of sp³-hybridized carbons (Fsp3) is 0.600. The number of hydrogen-bond donors (Lipinski definition) is 2. The lowest BCUT2D eigenvalue weighted by atomic mass is 10.1. The van der Waals surface area contributed by atoms with Gasteiger partial charge in [0.25, 0.3) is 0 Å². The quantitative estimate of drug-likeness (QED) is 0.789. The van der Waals surface area contributed by atoms with Crippen LogP contribution >= 0.6 is 0 Å². The van der Waals surface area contributed by atoms with Crippen LogP contribution in [-0.2, 0) is 22.3 Å². The molecule has 1 aromatic rings. The maximum absolute atomic E-state index is 12.1. The molecule has 1 fully saturated rings. The normalized spacial score (nSPS) is 18.0. The summed E-state index contributed by atoms with van der Waals surface area (Å²) in [5, 5.41) is 0. The van der Waals surface area contributed by atoms with Crippen LogP contribution in [0.3, 0.4) is 0 Å². The molecule has 5 nitrogen and oxygen atoms in total. The van der Waals surface area contributed by atoms with Gasteiger partial charge in [0.15, 0.2) is 0 Å². The number of hydrogen-bond acceptors (Lipinski definition) is 4. The van der Waals surface area contributed by atoms with Gasteiger partial charge in [0, 0.05) is 19.1 Å². The molecule has 0 bridgehead atoms. The lowest BCUT2D eigenvalue weighted by Crippen LogP contribution is -2.40. The second-order valence-corrected chi connectivity index (χ2v) is 7.53. The van der Waals surface area contributed by atoms with Crippen LogP contribution in [0.25, 0.3) is 0 Å². The molecule has 21 heavy (non-hydrogen) atoms. The van der Waals surface area contributed by atoms with Crippen molar-refractivity contribution in [2.75, 3.05) is 19.6 Å². The van der Waals surface area contributed by atoms with Crippen LogP contribution in [0.5, 0.6) is 0 Å². The second kappa shape index (κ2) is 7.35. The number of likely N-dealkylation sites (tertiary alicyclic amines) is 1. The van der Waals surface area contributed by atoms with Crippen molar-refractivity contribution in [1.82, 2.24) is 9.62 Å². The lowest BCUT2D eigenvalue weighted by Gasteiger charge is -2.23.